The molecule has 4 aromatic carbocycles. The summed E-state index contributed by atoms with van der Waals surface area (Å²) in [5.41, 5.74) is 5.54. The maximum absolute atomic E-state index is 13.9. The van der Waals surface area contributed by atoms with Crippen molar-refractivity contribution in [2.24, 2.45) is 0 Å². The second kappa shape index (κ2) is 17.3. The van der Waals surface area contributed by atoms with Crippen molar-refractivity contribution in [3.8, 4) is 6.07 Å². The van der Waals surface area contributed by atoms with Gasteiger partial charge in [-0.05, 0) is 34.7 Å². The van der Waals surface area contributed by atoms with E-state index in [9.17, 15) is 14.9 Å². The van der Waals surface area contributed by atoms with Crippen LogP contribution in [-0.2, 0) is 38.7 Å². The SMILES string of the molecule is C=CCOCc1ccc(COC[C@@H](C#N)NC(=O)[C@H](Cc2cccc(C)c2)NC(=O)C(c2ccccc2)c2ccccc2)cc1. The minimum Gasteiger partial charge on any atom is -0.374 e. The summed E-state index contributed by atoms with van der Waals surface area (Å²) in [5, 5.41) is 15.6. The van der Waals surface area contributed by atoms with Gasteiger partial charge < -0.3 is 20.1 Å². The van der Waals surface area contributed by atoms with Crippen LogP contribution >= 0.6 is 0 Å². The van der Waals surface area contributed by atoms with E-state index in [-0.39, 0.29) is 25.5 Å². The van der Waals surface area contributed by atoms with Crippen LogP contribution in [0.1, 0.15) is 39.3 Å². The van der Waals surface area contributed by atoms with Gasteiger partial charge in [0.05, 0.1) is 38.4 Å². The molecule has 0 saturated heterocycles. The van der Waals surface area contributed by atoms with Crippen molar-refractivity contribution in [1.29, 1.82) is 5.26 Å². The average molecular weight is 602 g/mol. The molecule has 0 aromatic heterocycles. The second-order valence-electron chi connectivity index (χ2n) is 10.8. The maximum atomic E-state index is 13.9. The number of carbonyl (C=O) groups is 2. The molecule has 0 heterocycles. The summed E-state index contributed by atoms with van der Waals surface area (Å²) in [7, 11) is 0. The van der Waals surface area contributed by atoms with Gasteiger partial charge in [0.25, 0.3) is 0 Å². The van der Waals surface area contributed by atoms with Crippen LogP contribution in [0, 0.1) is 18.3 Å². The average Bonchev–Trinajstić information content (AvgIpc) is 3.06. The van der Waals surface area contributed by atoms with Crippen molar-refractivity contribution in [2.75, 3.05) is 13.2 Å². The number of aryl methyl sites for hydroxylation is 1. The van der Waals surface area contributed by atoms with Crippen molar-refractivity contribution < 1.29 is 19.1 Å². The standard InChI is InChI=1S/C38H39N3O4/c1-3-21-44-25-29-17-19-30(20-18-29)26-45-27-34(24-39)40-37(42)35(23-31-12-10-11-28(2)22-31)41-38(43)36(32-13-6-4-7-14-32)33-15-8-5-9-16-33/h3-20,22,34-36H,1,21,23,25-27H2,2H3,(H,40,42)(H,41,43)/t34-,35+/m1/s1. The Labute approximate surface area is 265 Å². The lowest BCUT2D eigenvalue weighted by molar-refractivity contribution is -0.129. The molecule has 7 nitrogen and oxygen atoms in total. The van der Waals surface area contributed by atoms with E-state index in [1.54, 1.807) is 6.08 Å². The molecule has 4 aromatic rings. The highest BCUT2D eigenvalue weighted by Crippen LogP contribution is 2.25. The Balaban J connectivity index is 1.44. The van der Waals surface area contributed by atoms with Crippen LogP contribution in [0.4, 0.5) is 0 Å². The number of amides is 2. The van der Waals surface area contributed by atoms with Gasteiger partial charge in [-0.3, -0.25) is 9.59 Å². The molecule has 0 aliphatic rings. The first kappa shape index (κ1) is 32.9. The first-order valence-corrected chi connectivity index (χ1v) is 15.0. The van der Waals surface area contributed by atoms with Crippen molar-refractivity contribution in [3.05, 3.63) is 155 Å². The van der Waals surface area contributed by atoms with Crippen LogP contribution in [0.25, 0.3) is 0 Å². The number of rotatable bonds is 16. The van der Waals surface area contributed by atoms with Crippen LogP contribution in [0.15, 0.2) is 122 Å². The second-order valence-corrected chi connectivity index (χ2v) is 10.8. The van der Waals surface area contributed by atoms with Crippen LogP contribution in [0.2, 0.25) is 0 Å². The molecule has 7 heteroatoms. The molecule has 0 radical (unpaired) electrons. The molecule has 2 amide bonds. The molecule has 0 aliphatic carbocycles. The largest absolute Gasteiger partial charge is 0.374 e. The van der Waals surface area contributed by atoms with Crippen molar-refractivity contribution in [1.82, 2.24) is 10.6 Å². The lowest BCUT2D eigenvalue weighted by Crippen LogP contribution is -2.52. The van der Waals surface area contributed by atoms with Gasteiger partial charge in [-0.15, -0.1) is 6.58 Å². The number of nitrogens with zero attached hydrogens (tertiary/aromatic N) is 1. The van der Waals surface area contributed by atoms with Crippen molar-refractivity contribution in [2.45, 2.75) is 44.6 Å². The predicted octanol–water partition coefficient (Wildman–Crippen LogP) is 5.78. The van der Waals surface area contributed by atoms with Gasteiger partial charge in [0.1, 0.15) is 12.1 Å². The van der Waals surface area contributed by atoms with Gasteiger partial charge in [-0.25, -0.2) is 0 Å². The smallest absolute Gasteiger partial charge is 0.244 e. The Hall–Kier alpha value is -5.03. The van der Waals surface area contributed by atoms with E-state index >= 15 is 0 Å². The third-order valence-electron chi connectivity index (χ3n) is 7.24. The Morgan fingerprint density at radius 1 is 0.778 bits per heavy atom. The van der Waals surface area contributed by atoms with Gasteiger partial charge in [-0.2, -0.15) is 5.26 Å². The highest BCUT2D eigenvalue weighted by Gasteiger charge is 2.29. The Morgan fingerprint density at radius 2 is 1.38 bits per heavy atom. The zero-order valence-corrected chi connectivity index (χ0v) is 25.5. The first-order chi connectivity index (χ1) is 22.0. The fraction of sp³-hybridized carbons (Fsp3) is 0.237. The number of hydrogen-bond donors (Lipinski definition) is 2. The lowest BCUT2D eigenvalue weighted by Gasteiger charge is -2.24. The Kier molecular flexibility index (Phi) is 12.6. The van der Waals surface area contributed by atoms with Crippen LogP contribution < -0.4 is 10.6 Å². The molecule has 2 atom stereocenters. The van der Waals surface area contributed by atoms with E-state index in [0.29, 0.717) is 13.2 Å². The van der Waals surface area contributed by atoms with Crippen molar-refractivity contribution in [3.63, 3.8) is 0 Å². The molecule has 0 unspecified atom stereocenters. The topological polar surface area (TPSA) is 100 Å². The fourth-order valence-electron chi connectivity index (χ4n) is 5.00. The predicted molar refractivity (Wildman–Crippen MR) is 175 cm³/mol. The summed E-state index contributed by atoms with van der Waals surface area (Å²) in [4.78, 5) is 27.6. The normalized spacial score (nSPS) is 12.1. The van der Waals surface area contributed by atoms with Gasteiger partial charge in [-0.1, -0.05) is 121 Å². The summed E-state index contributed by atoms with van der Waals surface area (Å²) < 4.78 is 11.3. The molecule has 4 rings (SSSR count). The quantitative estimate of drug-likeness (QED) is 0.125. The van der Waals surface area contributed by atoms with Gasteiger partial charge in [0, 0.05) is 6.42 Å². The molecule has 0 aliphatic heterocycles. The first-order valence-electron chi connectivity index (χ1n) is 15.0. The van der Waals surface area contributed by atoms with Crippen molar-refractivity contribution >= 4 is 11.8 Å². The molecule has 2 N–H and O–H groups in total. The third-order valence-corrected chi connectivity index (χ3v) is 7.24. The summed E-state index contributed by atoms with van der Waals surface area (Å²) in [6.45, 7) is 6.88. The Morgan fingerprint density at radius 3 is 1.93 bits per heavy atom. The van der Waals surface area contributed by atoms with Gasteiger partial charge >= 0.3 is 0 Å². The zero-order chi connectivity index (χ0) is 31.9. The van der Waals surface area contributed by atoms with E-state index in [0.717, 1.165) is 33.4 Å². The van der Waals surface area contributed by atoms with Gasteiger partial charge in [0.2, 0.25) is 11.8 Å². The lowest BCUT2D eigenvalue weighted by atomic mass is 9.90. The summed E-state index contributed by atoms with van der Waals surface area (Å²) >= 11 is 0. The summed E-state index contributed by atoms with van der Waals surface area (Å²) in [6.07, 6.45) is 1.97. The van der Waals surface area contributed by atoms with E-state index in [1.165, 1.54) is 0 Å². The maximum Gasteiger partial charge on any atom is 0.244 e. The third kappa shape index (κ3) is 10.3. The molecule has 0 fully saturated rings. The van der Waals surface area contributed by atoms with Crippen LogP contribution in [0.5, 0.6) is 0 Å². The van der Waals surface area contributed by atoms with E-state index in [4.69, 9.17) is 9.47 Å². The number of ether oxygens (including phenoxy) is 2. The van der Waals surface area contributed by atoms with Crippen LogP contribution in [0.3, 0.4) is 0 Å². The number of nitriles is 1. The molecule has 230 valence electrons. The minimum atomic E-state index is -0.916. The monoisotopic (exact) mass is 601 g/mol. The van der Waals surface area contributed by atoms with Crippen LogP contribution in [-0.4, -0.2) is 37.1 Å². The highest BCUT2D eigenvalue weighted by molar-refractivity contribution is 5.92. The molecular weight excluding hydrogens is 562 g/mol. The Bertz CT molecular complexity index is 1530. The van der Waals surface area contributed by atoms with E-state index in [1.807, 2.05) is 116 Å². The number of nitrogens with one attached hydrogen (secondary N) is 2. The molecule has 0 spiro atoms. The zero-order valence-electron chi connectivity index (χ0n) is 25.5. The molecular formula is C38H39N3O4. The van der Waals surface area contributed by atoms with E-state index < -0.39 is 23.9 Å². The number of carbonyl (C=O) groups excluding carboxylic acids is 2. The fourth-order valence-corrected chi connectivity index (χ4v) is 5.00. The minimum absolute atomic E-state index is 0.00575. The molecule has 45 heavy (non-hydrogen) atoms. The number of benzene rings is 4. The molecule has 0 saturated carbocycles. The summed E-state index contributed by atoms with van der Waals surface area (Å²) in [5.74, 6) is -1.37. The summed E-state index contributed by atoms with van der Waals surface area (Å²) in [6, 6.07) is 34.9. The number of hydrogen-bond acceptors (Lipinski definition) is 5. The molecule has 0 bridgehead atoms. The van der Waals surface area contributed by atoms with Gasteiger partial charge in [0.15, 0.2) is 0 Å². The highest BCUT2D eigenvalue weighted by atomic mass is 16.5. The van der Waals surface area contributed by atoms with E-state index in [2.05, 4.69) is 23.3 Å².